The van der Waals surface area contributed by atoms with Crippen LogP contribution in [0.15, 0.2) is 34.8 Å². The first kappa shape index (κ1) is 25.9. The van der Waals surface area contributed by atoms with Crippen LogP contribution in [0.1, 0.15) is 47.5 Å². The molecule has 0 radical (unpaired) electrons. The van der Waals surface area contributed by atoms with Gasteiger partial charge in [0.25, 0.3) is 5.91 Å². The van der Waals surface area contributed by atoms with E-state index < -0.39 is 11.7 Å². The lowest BCUT2D eigenvalue weighted by atomic mass is 9.99. The van der Waals surface area contributed by atoms with Crippen LogP contribution in [0.25, 0.3) is 0 Å². The molecule has 2 aromatic carbocycles. The fraction of sp³-hybridized carbons (Fsp3) is 0.435. The summed E-state index contributed by atoms with van der Waals surface area (Å²) in [5.74, 6) is 0.226. The number of anilines is 1. The first-order valence-electron chi connectivity index (χ1n) is 11.0. The van der Waals surface area contributed by atoms with Crippen molar-refractivity contribution in [3.63, 3.8) is 0 Å². The van der Waals surface area contributed by atoms with Gasteiger partial charge in [-0.3, -0.25) is 14.7 Å². The Hall–Kier alpha value is -1.17. The molecule has 2 fully saturated rings. The second-order valence-corrected chi connectivity index (χ2v) is 11.3. The number of amides is 1. The number of rotatable bonds is 9. The molecule has 0 aromatic heterocycles. The van der Waals surface area contributed by atoms with E-state index in [0.717, 1.165) is 65.2 Å². The number of carbonyl (C=O) groups is 1. The molecular formula is C23H26BrClFN3O3S2. The van der Waals surface area contributed by atoms with Crippen LogP contribution in [0, 0.1) is 11.7 Å². The SMILES string of the molecule is CSNC(=O)c1cc(C2CC2)c(OCC2CCN(SN(O)c3ccc(Br)c(Cl)c3)CC2)cc1F. The van der Waals surface area contributed by atoms with Gasteiger partial charge in [-0.2, -0.15) is 4.47 Å². The quantitative estimate of drug-likeness (QED) is 0.250. The van der Waals surface area contributed by atoms with Crippen LogP contribution >= 0.6 is 51.6 Å². The van der Waals surface area contributed by atoms with Gasteiger partial charge in [0.05, 0.1) is 35.0 Å². The lowest BCUT2D eigenvalue weighted by molar-refractivity contribution is 0.0980. The normalized spacial score (nSPS) is 17.0. The van der Waals surface area contributed by atoms with Crippen LogP contribution in [0.3, 0.4) is 0 Å². The fourth-order valence-electron chi connectivity index (χ4n) is 3.86. The Bertz CT molecular complexity index is 1040. The Morgan fingerprint density at radius 3 is 2.68 bits per heavy atom. The van der Waals surface area contributed by atoms with Crippen LogP contribution in [-0.4, -0.2) is 41.4 Å². The van der Waals surface area contributed by atoms with Crippen molar-refractivity contribution in [1.82, 2.24) is 9.03 Å². The second kappa shape index (κ2) is 11.7. The number of hydrogen-bond acceptors (Lipinski definition) is 7. The molecule has 0 unspecified atom stereocenters. The lowest BCUT2D eigenvalue weighted by Gasteiger charge is -2.32. The highest BCUT2D eigenvalue weighted by Gasteiger charge is 2.30. The minimum absolute atomic E-state index is 0.0644. The smallest absolute Gasteiger partial charge is 0.264 e. The summed E-state index contributed by atoms with van der Waals surface area (Å²) in [6.45, 7) is 2.08. The molecule has 2 N–H and O–H groups in total. The van der Waals surface area contributed by atoms with E-state index in [9.17, 15) is 14.4 Å². The molecule has 1 saturated heterocycles. The third kappa shape index (κ3) is 6.53. The molecule has 1 saturated carbocycles. The summed E-state index contributed by atoms with van der Waals surface area (Å²) in [6, 6.07) is 8.30. The number of nitrogens with one attached hydrogen (secondary N) is 1. The number of nitrogens with zero attached hydrogens (tertiary/aromatic N) is 2. The van der Waals surface area contributed by atoms with Crippen molar-refractivity contribution < 1.29 is 19.1 Å². The van der Waals surface area contributed by atoms with Crippen LogP contribution in [-0.2, 0) is 0 Å². The lowest BCUT2D eigenvalue weighted by Crippen LogP contribution is -2.33. The van der Waals surface area contributed by atoms with Crippen LogP contribution < -0.4 is 13.9 Å². The molecule has 6 nitrogen and oxygen atoms in total. The largest absolute Gasteiger partial charge is 0.493 e. The van der Waals surface area contributed by atoms with E-state index in [1.54, 1.807) is 30.5 Å². The highest BCUT2D eigenvalue weighted by molar-refractivity contribution is 9.10. The number of benzene rings is 2. The van der Waals surface area contributed by atoms with Crippen molar-refractivity contribution in [2.24, 2.45) is 5.92 Å². The standard InChI is InChI=1S/C23H26BrClFN3O3S2/c1-33-27-23(30)18-11-17(15-2-3-15)22(12-21(18)26)32-13-14-6-8-28(9-7-14)34-29(31)16-4-5-19(24)20(25)10-16/h4-5,10-12,14-15,31H,2-3,6-9,13H2,1H3,(H,27,30). The van der Waals surface area contributed by atoms with Gasteiger partial charge in [0.2, 0.25) is 0 Å². The van der Waals surface area contributed by atoms with Gasteiger partial charge in [-0.15, -0.1) is 0 Å². The van der Waals surface area contributed by atoms with Gasteiger partial charge in [-0.1, -0.05) is 23.5 Å². The minimum atomic E-state index is -0.562. The van der Waals surface area contributed by atoms with Crippen molar-refractivity contribution in [3.8, 4) is 5.75 Å². The van der Waals surface area contributed by atoms with Crippen LogP contribution in [0.2, 0.25) is 5.02 Å². The van der Waals surface area contributed by atoms with Gasteiger partial charge in [0.1, 0.15) is 11.6 Å². The maximum absolute atomic E-state index is 14.6. The number of piperidine rings is 1. The molecule has 1 heterocycles. The molecule has 34 heavy (non-hydrogen) atoms. The minimum Gasteiger partial charge on any atom is -0.493 e. The van der Waals surface area contributed by atoms with Gasteiger partial charge >= 0.3 is 0 Å². The fourth-order valence-corrected chi connectivity index (χ4v) is 5.38. The van der Waals surface area contributed by atoms with E-state index in [-0.39, 0.29) is 5.56 Å². The van der Waals surface area contributed by atoms with E-state index in [1.165, 1.54) is 18.2 Å². The molecular weight excluding hydrogens is 565 g/mol. The van der Waals surface area contributed by atoms with Crippen molar-refractivity contribution in [2.75, 3.05) is 30.4 Å². The van der Waals surface area contributed by atoms with Crippen LogP contribution in [0.4, 0.5) is 10.1 Å². The van der Waals surface area contributed by atoms with Gasteiger partial charge in [-0.05, 0) is 83.3 Å². The molecule has 0 bridgehead atoms. The Morgan fingerprint density at radius 2 is 2.03 bits per heavy atom. The predicted octanol–water partition coefficient (Wildman–Crippen LogP) is 6.68. The maximum Gasteiger partial charge on any atom is 0.264 e. The first-order chi connectivity index (χ1) is 16.4. The van der Waals surface area contributed by atoms with Gasteiger partial charge in [-0.25, -0.2) is 8.70 Å². The third-order valence-corrected chi connectivity index (χ3v) is 8.50. The summed E-state index contributed by atoms with van der Waals surface area (Å²) in [6.07, 6.45) is 5.59. The average molecular weight is 591 g/mol. The van der Waals surface area contributed by atoms with Gasteiger partial charge in [0.15, 0.2) is 0 Å². The molecule has 1 amide bonds. The molecule has 1 aliphatic carbocycles. The van der Waals surface area contributed by atoms with Crippen molar-refractivity contribution in [2.45, 2.75) is 31.6 Å². The zero-order chi connectivity index (χ0) is 24.2. The molecule has 1 aliphatic heterocycles. The number of hydrogen-bond donors (Lipinski definition) is 2. The van der Waals surface area contributed by atoms with Crippen molar-refractivity contribution in [3.05, 3.63) is 56.8 Å². The zero-order valence-corrected chi connectivity index (χ0v) is 22.6. The van der Waals surface area contributed by atoms with Crippen molar-refractivity contribution >= 4 is 63.2 Å². The van der Waals surface area contributed by atoms with E-state index in [1.807, 2.05) is 0 Å². The van der Waals surface area contributed by atoms with Crippen LogP contribution in [0.5, 0.6) is 5.75 Å². The topological polar surface area (TPSA) is 65.0 Å². The van der Waals surface area contributed by atoms with Gasteiger partial charge < -0.3 is 4.74 Å². The van der Waals surface area contributed by atoms with Gasteiger partial charge in [0, 0.05) is 29.9 Å². The Morgan fingerprint density at radius 1 is 1.29 bits per heavy atom. The third-order valence-electron chi connectivity index (χ3n) is 5.92. The van der Waals surface area contributed by atoms with E-state index in [0.29, 0.717) is 34.9 Å². The Kier molecular flexibility index (Phi) is 8.92. The molecule has 4 rings (SSSR count). The summed E-state index contributed by atoms with van der Waals surface area (Å²) in [5.41, 5.74) is 1.59. The maximum atomic E-state index is 14.6. The van der Waals surface area contributed by atoms with E-state index in [2.05, 4.69) is 25.0 Å². The molecule has 2 aliphatic rings. The summed E-state index contributed by atoms with van der Waals surface area (Å²) >= 11 is 11.9. The summed E-state index contributed by atoms with van der Waals surface area (Å²) in [5, 5.41) is 10.9. The molecule has 2 aromatic rings. The number of ether oxygens (including phenoxy) is 1. The zero-order valence-electron chi connectivity index (χ0n) is 18.6. The summed E-state index contributed by atoms with van der Waals surface area (Å²) in [4.78, 5) is 12.2. The summed E-state index contributed by atoms with van der Waals surface area (Å²) < 4.78 is 27.3. The number of carbonyl (C=O) groups excluding carboxylic acids is 1. The Balaban J connectivity index is 1.30. The summed E-state index contributed by atoms with van der Waals surface area (Å²) in [7, 11) is 0. The van der Waals surface area contributed by atoms with Crippen molar-refractivity contribution in [1.29, 1.82) is 0 Å². The average Bonchev–Trinajstić information content (AvgIpc) is 3.66. The first-order valence-corrected chi connectivity index (χ1v) is 14.1. The molecule has 0 atom stereocenters. The monoisotopic (exact) mass is 589 g/mol. The molecule has 184 valence electrons. The number of halogens is 3. The predicted molar refractivity (Wildman–Crippen MR) is 140 cm³/mol. The highest BCUT2D eigenvalue weighted by atomic mass is 79.9. The molecule has 11 heteroatoms. The Labute approximate surface area is 221 Å². The van der Waals surface area contributed by atoms with E-state index in [4.69, 9.17) is 16.3 Å². The molecule has 0 spiro atoms. The van der Waals surface area contributed by atoms with E-state index >= 15 is 0 Å². The highest BCUT2D eigenvalue weighted by Crippen LogP contribution is 2.45. The second-order valence-electron chi connectivity index (χ2n) is 8.42.